The van der Waals surface area contributed by atoms with E-state index in [0.29, 0.717) is 6.54 Å². The molecule has 4 heteroatoms. The molecule has 0 atom stereocenters. The van der Waals surface area contributed by atoms with Gasteiger partial charge in [0.15, 0.2) is 0 Å². The SMILES string of the molecule is CCc1nccn1CC(=O)Nc1ccc(C)cc1. The van der Waals surface area contributed by atoms with Crippen molar-refractivity contribution in [1.29, 1.82) is 0 Å². The van der Waals surface area contributed by atoms with E-state index in [-0.39, 0.29) is 5.91 Å². The fourth-order valence-electron chi connectivity index (χ4n) is 1.79. The van der Waals surface area contributed by atoms with Crippen LogP contribution in [0.3, 0.4) is 0 Å². The molecule has 0 unspecified atom stereocenters. The molecule has 0 aliphatic rings. The number of nitrogens with one attached hydrogen (secondary N) is 1. The molecule has 18 heavy (non-hydrogen) atoms. The molecule has 94 valence electrons. The van der Waals surface area contributed by atoms with E-state index in [1.165, 1.54) is 5.56 Å². The minimum atomic E-state index is -0.0356. The summed E-state index contributed by atoms with van der Waals surface area (Å²) < 4.78 is 1.86. The molecule has 1 N–H and O–H groups in total. The van der Waals surface area contributed by atoms with Gasteiger partial charge in [-0.15, -0.1) is 0 Å². The van der Waals surface area contributed by atoms with E-state index in [2.05, 4.69) is 10.3 Å². The molecule has 1 heterocycles. The first-order valence-electron chi connectivity index (χ1n) is 6.05. The molecule has 0 aliphatic heterocycles. The van der Waals surface area contributed by atoms with Crippen LogP contribution in [-0.4, -0.2) is 15.5 Å². The molecule has 4 nitrogen and oxygen atoms in total. The fraction of sp³-hybridized carbons (Fsp3) is 0.286. The predicted molar refractivity (Wildman–Crippen MR) is 71.4 cm³/mol. The summed E-state index contributed by atoms with van der Waals surface area (Å²) in [5.74, 6) is 0.889. The summed E-state index contributed by atoms with van der Waals surface area (Å²) in [6.45, 7) is 4.35. The second-order valence-electron chi connectivity index (χ2n) is 4.24. The number of aromatic nitrogens is 2. The monoisotopic (exact) mass is 243 g/mol. The Balaban J connectivity index is 1.99. The van der Waals surface area contributed by atoms with Crippen molar-refractivity contribution in [2.45, 2.75) is 26.8 Å². The quantitative estimate of drug-likeness (QED) is 0.896. The smallest absolute Gasteiger partial charge is 0.244 e. The van der Waals surface area contributed by atoms with Gasteiger partial charge in [0, 0.05) is 24.5 Å². The third-order valence-electron chi connectivity index (χ3n) is 2.77. The zero-order valence-corrected chi connectivity index (χ0v) is 10.7. The molecule has 1 aromatic carbocycles. The molecule has 2 aromatic rings. The molecule has 1 amide bonds. The maximum Gasteiger partial charge on any atom is 0.244 e. The molecule has 0 spiro atoms. The maximum absolute atomic E-state index is 11.9. The van der Waals surface area contributed by atoms with Crippen LogP contribution in [-0.2, 0) is 17.8 Å². The van der Waals surface area contributed by atoms with Gasteiger partial charge in [0.05, 0.1) is 0 Å². The summed E-state index contributed by atoms with van der Waals surface area (Å²) in [5.41, 5.74) is 2.00. The average Bonchev–Trinajstić information content (AvgIpc) is 2.79. The zero-order valence-electron chi connectivity index (χ0n) is 10.7. The highest BCUT2D eigenvalue weighted by Crippen LogP contribution is 2.09. The van der Waals surface area contributed by atoms with Gasteiger partial charge in [0.2, 0.25) is 5.91 Å². The van der Waals surface area contributed by atoms with Crippen molar-refractivity contribution >= 4 is 11.6 Å². The van der Waals surface area contributed by atoms with E-state index < -0.39 is 0 Å². The Hall–Kier alpha value is -2.10. The van der Waals surface area contributed by atoms with Crippen LogP contribution in [0.5, 0.6) is 0 Å². The number of rotatable bonds is 4. The maximum atomic E-state index is 11.9. The molecule has 0 saturated heterocycles. The van der Waals surface area contributed by atoms with E-state index in [4.69, 9.17) is 0 Å². The van der Waals surface area contributed by atoms with Crippen molar-refractivity contribution in [3.05, 3.63) is 48.0 Å². The first kappa shape index (κ1) is 12.4. The molecule has 0 radical (unpaired) electrons. The third kappa shape index (κ3) is 2.97. The van der Waals surface area contributed by atoms with Gasteiger partial charge < -0.3 is 9.88 Å². The van der Waals surface area contributed by atoms with Crippen LogP contribution in [0.25, 0.3) is 0 Å². The lowest BCUT2D eigenvalue weighted by Crippen LogP contribution is -2.19. The van der Waals surface area contributed by atoms with Gasteiger partial charge in [0.25, 0.3) is 0 Å². The van der Waals surface area contributed by atoms with Gasteiger partial charge in [-0.25, -0.2) is 4.98 Å². The minimum absolute atomic E-state index is 0.0356. The van der Waals surface area contributed by atoms with Gasteiger partial charge in [-0.3, -0.25) is 4.79 Å². The number of carbonyl (C=O) groups is 1. The molecule has 1 aromatic heterocycles. The van der Waals surface area contributed by atoms with Gasteiger partial charge in [-0.2, -0.15) is 0 Å². The number of hydrogen-bond donors (Lipinski definition) is 1. The number of nitrogens with zero attached hydrogens (tertiary/aromatic N) is 2. The summed E-state index contributed by atoms with van der Waals surface area (Å²) in [5, 5.41) is 2.87. The Kier molecular flexibility index (Phi) is 3.77. The van der Waals surface area contributed by atoms with Crippen molar-refractivity contribution < 1.29 is 4.79 Å². The van der Waals surface area contributed by atoms with E-state index in [0.717, 1.165) is 17.9 Å². The van der Waals surface area contributed by atoms with E-state index in [9.17, 15) is 4.79 Å². The largest absolute Gasteiger partial charge is 0.326 e. The van der Waals surface area contributed by atoms with Crippen LogP contribution in [0.2, 0.25) is 0 Å². The molecule has 2 rings (SSSR count). The van der Waals surface area contributed by atoms with Crippen LogP contribution in [0.1, 0.15) is 18.3 Å². The van der Waals surface area contributed by atoms with Crippen LogP contribution >= 0.6 is 0 Å². The number of hydrogen-bond acceptors (Lipinski definition) is 2. The summed E-state index contributed by atoms with van der Waals surface area (Å²) in [7, 11) is 0. The first-order valence-corrected chi connectivity index (χ1v) is 6.05. The predicted octanol–water partition coefficient (Wildman–Crippen LogP) is 2.39. The van der Waals surface area contributed by atoms with E-state index in [1.807, 2.05) is 48.9 Å². The Morgan fingerprint density at radius 1 is 1.33 bits per heavy atom. The number of amides is 1. The Labute approximate surface area is 107 Å². The van der Waals surface area contributed by atoms with E-state index in [1.54, 1.807) is 6.20 Å². The molecule has 0 aliphatic carbocycles. The zero-order chi connectivity index (χ0) is 13.0. The number of imidazole rings is 1. The summed E-state index contributed by atoms with van der Waals surface area (Å²) in [6, 6.07) is 7.76. The van der Waals surface area contributed by atoms with Crippen LogP contribution in [0, 0.1) is 6.92 Å². The lowest BCUT2D eigenvalue weighted by molar-refractivity contribution is -0.116. The van der Waals surface area contributed by atoms with Crippen molar-refractivity contribution in [1.82, 2.24) is 9.55 Å². The van der Waals surface area contributed by atoms with E-state index >= 15 is 0 Å². The minimum Gasteiger partial charge on any atom is -0.326 e. The molecular formula is C14H17N3O. The lowest BCUT2D eigenvalue weighted by Gasteiger charge is -2.08. The summed E-state index contributed by atoms with van der Waals surface area (Å²) in [6.07, 6.45) is 4.37. The normalized spacial score (nSPS) is 10.3. The van der Waals surface area contributed by atoms with Crippen LogP contribution in [0.15, 0.2) is 36.7 Å². The lowest BCUT2D eigenvalue weighted by atomic mass is 10.2. The first-order chi connectivity index (χ1) is 8.69. The summed E-state index contributed by atoms with van der Waals surface area (Å²) >= 11 is 0. The standard InChI is InChI=1S/C14H17N3O/c1-3-13-15-8-9-17(13)10-14(18)16-12-6-4-11(2)5-7-12/h4-9H,3,10H2,1-2H3,(H,16,18). The highest BCUT2D eigenvalue weighted by molar-refractivity contribution is 5.90. The second-order valence-corrected chi connectivity index (χ2v) is 4.24. The molecule has 0 bridgehead atoms. The van der Waals surface area contributed by atoms with Crippen molar-refractivity contribution in [3.8, 4) is 0 Å². The van der Waals surface area contributed by atoms with Gasteiger partial charge >= 0.3 is 0 Å². The van der Waals surface area contributed by atoms with Crippen molar-refractivity contribution in [2.24, 2.45) is 0 Å². The highest BCUT2D eigenvalue weighted by atomic mass is 16.1. The number of benzene rings is 1. The second kappa shape index (κ2) is 5.49. The number of carbonyl (C=O) groups excluding carboxylic acids is 1. The molecule has 0 saturated carbocycles. The van der Waals surface area contributed by atoms with Gasteiger partial charge in [-0.1, -0.05) is 24.6 Å². The van der Waals surface area contributed by atoms with Crippen molar-refractivity contribution in [3.63, 3.8) is 0 Å². The Morgan fingerprint density at radius 2 is 2.06 bits per heavy atom. The third-order valence-corrected chi connectivity index (χ3v) is 2.77. The van der Waals surface area contributed by atoms with Gasteiger partial charge in [0.1, 0.15) is 12.4 Å². The fourth-order valence-corrected chi connectivity index (χ4v) is 1.79. The van der Waals surface area contributed by atoms with Crippen LogP contribution in [0.4, 0.5) is 5.69 Å². The highest BCUT2D eigenvalue weighted by Gasteiger charge is 2.06. The Morgan fingerprint density at radius 3 is 2.72 bits per heavy atom. The molecular weight excluding hydrogens is 226 g/mol. The Bertz CT molecular complexity index is 528. The molecule has 0 fully saturated rings. The van der Waals surface area contributed by atoms with Crippen molar-refractivity contribution in [2.75, 3.05) is 5.32 Å². The summed E-state index contributed by atoms with van der Waals surface area (Å²) in [4.78, 5) is 16.1. The number of aryl methyl sites for hydroxylation is 2. The van der Waals surface area contributed by atoms with Gasteiger partial charge in [-0.05, 0) is 19.1 Å². The number of anilines is 1. The van der Waals surface area contributed by atoms with Crippen LogP contribution < -0.4 is 5.32 Å². The topological polar surface area (TPSA) is 46.9 Å². The average molecular weight is 243 g/mol.